The molecule has 1 N–H and O–H groups in total. The number of rotatable bonds is 9. The highest BCUT2D eigenvalue weighted by molar-refractivity contribution is 5.91. The number of nitrogens with zero attached hydrogens (tertiary/aromatic N) is 4. The molecule has 0 amide bonds. The van der Waals surface area contributed by atoms with Gasteiger partial charge in [-0.2, -0.15) is 0 Å². The number of para-hydroxylation sites is 1. The number of hydrogen-bond donors (Lipinski definition) is 1. The summed E-state index contributed by atoms with van der Waals surface area (Å²) in [5.74, 6) is 2.07. The van der Waals surface area contributed by atoms with E-state index in [4.69, 9.17) is 19.4 Å². The van der Waals surface area contributed by atoms with Gasteiger partial charge in [0.2, 0.25) is 0 Å². The van der Waals surface area contributed by atoms with Gasteiger partial charge in [0.25, 0.3) is 0 Å². The molecule has 3 aromatic rings. The lowest BCUT2D eigenvalue weighted by molar-refractivity contribution is -0.142. The highest BCUT2D eigenvalue weighted by atomic mass is 16.5. The van der Waals surface area contributed by atoms with Crippen LogP contribution in [0, 0.1) is 5.92 Å². The average molecular weight is 478 g/mol. The quantitative estimate of drug-likeness (QED) is 0.469. The Labute approximate surface area is 207 Å². The zero-order valence-corrected chi connectivity index (χ0v) is 21.0. The highest BCUT2D eigenvalue weighted by Crippen LogP contribution is 2.23. The molecule has 0 bridgehead atoms. The number of fused-ring (bicyclic) bond motifs is 1. The van der Waals surface area contributed by atoms with Crippen LogP contribution in [0.3, 0.4) is 0 Å². The predicted octanol–water partition coefficient (Wildman–Crippen LogP) is 3.57. The van der Waals surface area contributed by atoms with Gasteiger partial charge in [0.15, 0.2) is 0 Å². The molecule has 0 spiro atoms. The fourth-order valence-corrected chi connectivity index (χ4v) is 4.41. The molecule has 0 aliphatic carbocycles. The second-order valence-electron chi connectivity index (χ2n) is 9.30. The number of carbonyl (C=O) groups excluding carboxylic acids is 1. The first-order valence-corrected chi connectivity index (χ1v) is 12.1. The molecule has 2 heterocycles. The van der Waals surface area contributed by atoms with Gasteiger partial charge in [-0.3, -0.25) is 9.80 Å². The average Bonchev–Trinajstić information content (AvgIpc) is 2.87. The van der Waals surface area contributed by atoms with E-state index >= 15 is 0 Å². The first-order chi connectivity index (χ1) is 17.0. The van der Waals surface area contributed by atoms with Crippen molar-refractivity contribution in [1.82, 2.24) is 19.8 Å². The SMILES string of the molecule is COC(=O)[C@@H](Nc1nc(CN2CCN(Cc3cccc(OC)c3)CC2)nc2ccccc12)C(C)C. The van der Waals surface area contributed by atoms with Crippen molar-refractivity contribution in [3.8, 4) is 5.75 Å². The minimum Gasteiger partial charge on any atom is -0.497 e. The number of nitrogens with one attached hydrogen (secondary N) is 1. The third-order valence-corrected chi connectivity index (χ3v) is 6.43. The topological polar surface area (TPSA) is 79.8 Å². The third kappa shape index (κ3) is 6.26. The van der Waals surface area contributed by atoms with Gasteiger partial charge >= 0.3 is 5.97 Å². The Bertz CT molecular complexity index is 1140. The van der Waals surface area contributed by atoms with Crippen LogP contribution in [0.4, 0.5) is 5.82 Å². The van der Waals surface area contributed by atoms with Crippen molar-refractivity contribution in [1.29, 1.82) is 0 Å². The molecule has 8 heteroatoms. The molecular weight excluding hydrogens is 442 g/mol. The van der Waals surface area contributed by atoms with E-state index < -0.39 is 6.04 Å². The van der Waals surface area contributed by atoms with E-state index in [1.54, 1.807) is 7.11 Å². The van der Waals surface area contributed by atoms with Gasteiger partial charge in [0.05, 0.1) is 26.3 Å². The number of piperazine rings is 1. The lowest BCUT2D eigenvalue weighted by atomic mass is 10.0. The third-order valence-electron chi connectivity index (χ3n) is 6.43. The maximum Gasteiger partial charge on any atom is 0.328 e. The molecule has 4 rings (SSSR count). The fourth-order valence-electron chi connectivity index (χ4n) is 4.41. The first-order valence-electron chi connectivity index (χ1n) is 12.1. The molecule has 2 aromatic carbocycles. The van der Waals surface area contributed by atoms with E-state index in [0.29, 0.717) is 12.4 Å². The number of methoxy groups -OCH3 is 2. The van der Waals surface area contributed by atoms with Crippen molar-refractivity contribution in [2.24, 2.45) is 5.92 Å². The Morgan fingerprint density at radius 2 is 1.69 bits per heavy atom. The van der Waals surface area contributed by atoms with Gasteiger partial charge in [-0.15, -0.1) is 0 Å². The van der Waals surface area contributed by atoms with Crippen molar-refractivity contribution in [2.45, 2.75) is 33.0 Å². The summed E-state index contributed by atoms with van der Waals surface area (Å²) in [4.78, 5) is 26.8. The molecule has 1 aromatic heterocycles. The summed E-state index contributed by atoms with van der Waals surface area (Å²) >= 11 is 0. The summed E-state index contributed by atoms with van der Waals surface area (Å²) in [5.41, 5.74) is 2.13. The minimum absolute atomic E-state index is 0.0530. The van der Waals surface area contributed by atoms with Crippen LogP contribution >= 0.6 is 0 Å². The molecule has 35 heavy (non-hydrogen) atoms. The summed E-state index contributed by atoms with van der Waals surface area (Å²) in [5, 5.41) is 4.23. The van der Waals surface area contributed by atoms with Gasteiger partial charge in [-0.1, -0.05) is 38.1 Å². The molecule has 1 saturated heterocycles. The molecule has 186 valence electrons. The van der Waals surface area contributed by atoms with Crippen LogP contribution in [0.2, 0.25) is 0 Å². The van der Waals surface area contributed by atoms with Gasteiger partial charge in [0, 0.05) is 38.1 Å². The molecule has 0 unspecified atom stereocenters. The maximum absolute atomic E-state index is 12.3. The summed E-state index contributed by atoms with van der Waals surface area (Å²) in [6, 6.07) is 15.7. The molecule has 1 aliphatic rings. The van der Waals surface area contributed by atoms with Gasteiger partial charge in [-0.25, -0.2) is 14.8 Å². The molecule has 1 aliphatic heterocycles. The number of benzene rings is 2. The Kier molecular flexibility index (Phi) is 8.15. The van der Waals surface area contributed by atoms with E-state index in [-0.39, 0.29) is 11.9 Å². The van der Waals surface area contributed by atoms with Crippen LogP contribution in [0.5, 0.6) is 5.75 Å². The Hall–Kier alpha value is -3.23. The maximum atomic E-state index is 12.3. The van der Waals surface area contributed by atoms with Crippen LogP contribution in [-0.2, 0) is 22.6 Å². The van der Waals surface area contributed by atoms with Crippen molar-refractivity contribution in [2.75, 3.05) is 45.7 Å². The fraction of sp³-hybridized carbons (Fsp3) is 0.444. The van der Waals surface area contributed by atoms with Crippen LogP contribution < -0.4 is 10.1 Å². The summed E-state index contributed by atoms with van der Waals surface area (Å²) in [7, 11) is 3.11. The largest absolute Gasteiger partial charge is 0.497 e. The zero-order chi connectivity index (χ0) is 24.8. The number of carbonyl (C=O) groups is 1. The second kappa shape index (κ2) is 11.5. The molecule has 0 radical (unpaired) electrons. The standard InChI is InChI=1S/C27H35N5O3/c1-19(2)25(27(33)35-4)30-26-22-10-5-6-11-23(22)28-24(29-26)18-32-14-12-31(13-15-32)17-20-8-7-9-21(16-20)34-3/h5-11,16,19,25H,12-15,17-18H2,1-4H3,(H,28,29,30)/t25-/m0/s1. The van der Waals surface area contributed by atoms with Gasteiger partial charge in [-0.05, 0) is 35.7 Å². The molecule has 0 saturated carbocycles. The second-order valence-corrected chi connectivity index (χ2v) is 9.30. The number of hydrogen-bond acceptors (Lipinski definition) is 8. The smallest absolute Gasteiger partial charge is 0.328 e. The molecular formula is C27H35N5O3. The van der Waals surface area contributed by atoms with Crippen molar-refractivity contribution >= 4 is 22.7 Å². The first kappa shape index (κ1) is 24.9. The normalized spacial score (nSPS) is 15.8. The van der Waals surface area contributed by atoms with Crippen molar-refractivity contribution in [3.63, 3.8) is 0 Å². The number of esters is 1. The molecule has 1 atom stereocenters. The highest BCUT2D eigenvalue weighted by Gasteiger charge is 2.25. The van der Waals surface area contributed by atoms with E-state index in [9.17, 15) is 4.79 Å². The van der Waals surface area contributed by atoms with Crippen molar-refractivity contribution < 1.29 is 14.3 Å². The summed E-state index contributed by atoms with van der Waals surface area (Å²) < 4.78 is 10.4. The number of ether oxygens (including phenoxy) is 2. The van der Waals surface area contributed by atoms with Gasteiger partial charge < -0.3 is 14.8 Å². The van der Waals surface area contributed by atoms with E-state index in [1.807, 2.05) is 50.2 Å². The lowest BCUT2D eigenvalue weighted by Crippen LogP contribution is -2.45. The summed E-state index contributed by atoms with van der Waals surface area (Å²) in [6.07, 6.45) is 0. The monoisotopic (exact) mass is 477 g/mol. The van der Waals surface area contributed by atoms with Crippen LogP contribution in [0.25, 0.3) is 10.9 Å². The van der Waals surface area contributed by atoms with E-state index in [0.717, 1.165) is 55.2 Å². The predicted molar refractivity (Wildman–Crippen MR) is 137 cm³/mol. The minimum atomic E-state index is -0.480. The lowest BCUT2D eigenvalue weighted by Gasteiger charge is -2.34. The van der Waals surface area contributed by atoms with E-state index in [1.165, 1.54) is 12.7 Å². The zero-order valence-electron chi connectivity index (χ0n) is 21.0. The Morgan fingerprint density at radius 3 is 2.37 bits per heavy atom. The number of aromatic nitrogens is 2. The van der Waals surface area contributed by atoms with Crippen LogP contribution in [-0.4, -0.2) is 72.2 Å². The van der Waals surface area contributed by atoms with Crippen molar-refractivity contribution in [3.05, 3.63) is 59.9 Å². The van der Waals surface area contributed by atoms with Crippen LogP contribution in [0.15, 0.2) is 48.5 Å². The van der Waals surface area contributed by atoms with Gasteiger partial charge in [0.1, 0.15) is 23.4 Å². The Morgan fingerprint density at radius 1 is 0.971 bits per heavy atom. The Balaban J connectivity index is 1.44. The number of anilines is 1. The summed E-state index contributed by atoms with van der Waals surface area (Å²) in [6.45, 7) is 9.40. The molecule has 1 fully saturated rings. The molecule has 8 nitrogen and oxygen atoms in total. The van der Waals surface area contributed by atoms with Crippen LogP contribution in [0.1, 0.15) is 25.2 Å². The van der Waals surface area contributed by atoms with E-state index in [2.05, 4.69) is 27.2 Å².